The maximum absolute atomic E-state index is 5.36. The molecule has 1 N–H and O–H groups in total. The first-order chi connectivity index (χ1) is 7.31. The van der Waals surface area contributed by atoms with E-state index >= 15 is 0 Å². The lowest BCUT2D eigenvalue weighted by atomic mass is 10.2. The molecule has 1 atom stereocenters. The first-order valence-electron chi connectivity index (χ1n) is 5.11. The van der Waals surface area contributed by atoms with Gasteiger partial charge in [-0.1, -0.05) is 0 Å². The summed E-state index contributed by atoms with van der Waals surface area (Å²) in [6, 6.07) is 2.38. The predicted octanol–water partition coefficient (Wildman–Crippen LogP) is 0.743. The Kier molecular flexibility index (Phi) is 3.01. The summed E-state index contributed by atoms with van der Waals surface area (Å²) < 4.78 is 5.36. The molecule has 1 aliphatic rings. The molecular weight excluding hydrogens is 192 g/mol. The lowest BCUT2D eigenvalue weighted by molar-refractivity contribution is 0.193. The second kappa shape index (κ2) is 4.44. The smallest absolute Gasteiger partial charge is 0.134 e. The van der Waals surface area contributed by atoms with Crippen molar-refractivity contribution >= 4 is 11.6 Å². The Morgan fingerprint density at radius 1 is 1.53 bits per heavy atom. The Morgan fingerprint density at radius 3 is 3.07 bits per heavy atom. The van der Waals surface area contributed by atoms with E-state index in [9.17, 15) is 0 Å². The summed E-state index contributed by atoms with van der Waals surface area (Å²) in [6.45, 7) is 1.63. The van der Waals surface area contributed by atoms with Crippen molar-refractivity contribution in [2.45, 2.75) is 12.5 Å². The molecule has 0 aliphatic carbocycles. The maximum Gasteiger partial charge on any atom is 0.134 e. The zero-order valence-corrected chi connectivity index (χ0v) is 9.10. The van der Waals surface area contributed by atoms with Gasteiger partial charge in [-0.3, -0.25) is 0 Å². The van der Waals surface area contributed by atoms with Crippen molar-refractivity contribution in [3.05, 3.63) is 12.4 Å². The molecule has 15 heavy (non-hydrogen) atoms. The maximum atomic E-state index is 5.36. The summed E-state index contributed by atoms with van der Waals surface area (Å²) in [7, 11) is 3.89. The van der Waals surface area contributed by atoms with Crippen LogP contribution in [0.3, 0.4) is 0 Å². The Morgan fingerprint density at radius 2 is 2.40 bits per heavy atom. The molecular formula is C10H16N4O. The molecule has 1 fully saturated rings. The SMILES string of the molecule is CNc1cc(N(C)C2CCOC2)ncn1. The molecule has 0 spiro atoms. The first-order valence-corrected chi connectivity index (χ1v) is 5.11. The normalized spacial score (nSPS) is 20.3. The minimum absolute atomic E-state index is 0.435. The van der Waals surface area contributed by atoms with Gasteiger partial charge in [0.25, 0.3) is 0 Å². The molecule has 1 aromatic rings. The third-order valence-corrected chi connectivity index (χ3v) is 2.72. The molecule has 1 unspecified atom stereocenters. The molecule has 0 radical (unpaired) electrons. The Labute approximate surface area is 89.5 Å². The van der Waals surface area contributed by atoms with Crippen LogP contribution in [0, 0.1) is 0 Å². The van der Waals surface area contributed by atoms with E-state index in [0.29, 0.717) is 6.04 Å². The second-order valence-electron chi connectivity index (χ2n) is 3.64. The molecule has 1 saturated heterocycles. The molecule has 0 bridgehead atoms. The van der Waals surface area contributed by atoms with E-state index in [1.807, 2.05) is 20.2 Å². The Balaban J connectivity index is 2.13. The number of hydrogen-bond donors (Lipinski definition) is 1. The van der Waals surface area contributed by atoms with Crippen LogP contribution in [0.1, 0.15) is 6.42 Å². The van der Waals surface area contributed by atoms with E-state index in [1.165, 1.54) is 0 Å². The summed E-state index contributed by atoms with van der Waals surface area (Å²) in [4.78, 5) is 10.5. The van der Waals surface area contributed by atoms with Crippen LogP contribution < -0.4 is 10.2 Å². The zero-order chi connectivity index (χ0) is 10.7. The van der Waals surface area contributed by atoms with Crippen molar-refractivity contribution in [3.63, 3.8) is 0 Å². The van der Waals surface area contributed by atoms with Gasteiger partial charge >= 0.3 is 0 Å². The number of hydrogen-bond acceptors (Lipinski definition) is 5. The first kappa shape index (κ1) is 10.2. The van der Waals surface area contributed by atoms with Gasteiger partial charge in [-0.25, -0.2) is 9.97 Å². The average Bonchev–Trinajstić information content (AvgIpc) is 2.81. The van der Waals surface area contributed by atoms with Crippen LogP contribution in [0.4, 0.5) is 11.6 Å². The van der Waals surface area contributed by atoms with Crippen molar-refractivity contribution in [2.24, 2.45) is 0 Å². The topological polar surface area (TPSA) is 50.3 Å². The molecule has 82 valence electrons. The number of anilines is 2. The van der Waals surface area contributed by atoms with E-state index in [4.69, 9.17) is 4.74 Å². The fraction of sp³-hybridized carbons (Fsp3) is 0.600. The number of likely N-dealkylation sites (N-methyl/N-ethyl adjacent to an activating group) is 1. The molecule has 2 rings (SSSR count). The lowest BCUT2D eigenvalue weighted by Gasteiger charge is -2.24. The summed E-state index contributed by atoms with van der Waals surface area (Å²) >= 11 is 0. The number of nitrogens with one attached hydrogen (secondary N) is 1. The molecule has 0 amide bonds. The van der Waals surface area contributed by atoms with Gasteiger partial charge in [-0.15, -0.1) is 0 Å². The summed E-state index contributed by atoms with van der Waals surface area (Å²) in [6.07, 6.45) is 2.64. The van der Waals surface area contributed by atoms with Gasteiger partial charge in [0.05, 0.1) is 12.6 Å². The monoisotopic (exact) mass is 208 g/mol. The van der Waals surface area contributed by atoms with E-state index in [1.54, 1.807) is 6.33 Å². The number of aromatic nitrogens is 2. The van der Waals surface area contributed by atoms with Crippen LogP contribution in [0.25, 0.3) is 0 Å². The molecule has 2 heterocycles. The van der Waals surface area contributed by atoms with Crippen molar-refractivity contribution in [1.29, 1.82) is 0 Å². The molecule has 5 nitrogen and oxygen atoms in total. The van der Waals surface area contributed by atoms with Gasteiger partial charge in [-0.05, 0) is 6.42 Å². The number of ether oxygens (including phenoxy) is 1. The van der Waals surface area contributed by atoms with Crippen LogP contribution >= 0.6 is 0 Å². The van der Waals surface area contributed by atoms with E-state index in [2.05, 4.69) is 20.2 Å². The largest absolute Gasteiger partial charge is 0.379 e. The fourth-order valence-electron chi connectivity index (χ4n) is 1.69. The molecule has 1 aromatic heterocycles. The van der Waals surface area contributed by atoms with Crippen LogP contribution in [0.5, 0.6) is 0 Å². The van der Waals surface area contributed by atoms with Crippen molar-refractivity contribution in [2.75, 3.05) is 37.5 Å². The summed E-state index contributed by atoms with van der Waals surface area (Å²) in [5, 5.41) is 3.00. The van der Waals surface area contributed by atoms with E-state index < -0.39 is 0 Å². The average molecular weight is 208 g/mol. The van der Waals surface area contributed by atoms with Crippen LogP contribution in [0.15, 0.2) is 12.4 Å². The number of nitrogens with zero attached hydrogens (tertiary/aromatic N) is 3. The summed E-state index contributed by atoms with van der Waals surface area (Å²) in [5.41, 5.74) is 0. The Bertz CT molecular complexity index is 325. The third kappa shape index (κ3) is 2.18. The highest BCUT2D eigenvalue weighted by Gasteiger charge is 2.21. The van der Waals surface area contributed by atoms with Gasteiger partial charge in [0.2, 0.25) is 0 Å². The van der Waals surface area contributed by atoms with Crippen molar-refractivity contribution in [1.82, 2.24) is 9.97 Å². The predicted molar refractivity (Wildman–Crippen MR) is 59.2 cm³/mol. The van der Waals surface area contributed by atoms with Crippen LogP contribution in [-0.4, -0.2) is 43.3 Å². The molecule has 0 aromatic carbocycles. The molecule has 0 saturated carbocycles. The van der Waals surface area contributed by atoms with Gasteiger partial charge in [0, 0.05) is 26.8 Å². The fourth-order valence-corrected chi connectivity index (χ4v) is 1.69. The van der Waals surface area contributed by atoms with Crippen LogP contribution in [0.2, 0.25) is 0 Å². The highest BCUT2D eigenvalue weighted by atomic mass is 16.5. The standard InChI is InChI=1S/C10H16N4O/c1-11-9-5-10(13-7-12-9)14(2)8-3-4-15-6-8/h5,7-8H,3-4,6H2,1-2H3,(H,11,12,13). The van der Waals surface area contributed by atoms with Gasteiger partial charge in [0.1, 0.15) is 18.0 Å². The number of rotatable bonds is 3. The minimum atomic E-state index is 0.435. The van der Waals surface area contributed by atoms with Crippen molar-refractivity contribution < 1.29 is 4.74 Å². The third-order valence-electron chi connectivity index (χ3n) is 2.72. The quantitative estimate of drug-likeness (QED) is 0.794. The van der Waals surface area contributed by atoms with E-state index in [-0.39, 0.29) is 0 Å². The molecule has 5 heteroatoms. The van der Waals surface area contributed by atoms with E-state index in [0.717, 1.165) is 31.3 Å². The summed E-state index contributed by atoms with van der Waals surface area (Å²) in [5.74, 6) is 1.77. The second-order valence-corrected chi connectivity index (χ2v) is 3.64. The van der Waals surface area contributed by atoms with Crippen molar-refractivity contribution in [3.8, 4) is 0 Å². The highest BCUT2D eigenvalue weighted by molar-refractivity contribution is 5.48. The van der Waals surface area contributed by atoms with Gasteiger partial charge in [-0.2, -0.15) is 0 Å². The van der Waals surface area contributed by atoms with Crippen LogP contribution in [-0.2, 0) is 4.74 Å². The molecule has 1 aliphatic heterocycles. The Hall–Kier alpha value is -1.36. The zero-order valence-electron chi connectivity index (χ0n) is 9.10. The van der Waals surface area contributed by atoms with Gasteiger partial charge < -0.3 is 15.0 Å². The lowest BCUT2D eigenvalue weighted by Crippen LogP contribution is -2.32. The minimum Gasteiger partial charge on any atom is -0.379 e. The highest BCUT2D eigenvalue weighted by Crippen LogP contribution is 2.19. The van der Waals surface area contributed by atoms with Gasteiger partial charge in [0.15, 0.2) is 0 Å².